The van der Waals surface area contributed by atoms with Crippen LogP contribution >= 0.6 is 0 Å². The van der Waals surface area contributed by atoms with E-state index in [4.69, 9.17) is 15.2 Å². The van der Waals surface area contributed by atoms with Crippen LogP contribution in [0.5, 0.6) is 11.5 Å². The second kappa shape index (κ2) is 9.85. The highest BCUT2D eigenvalue weighted by atomic mass is 19.1. The molecule has 0 aliphatic carbocycles. The first-order chi connectivity index (χ1) is 18.1. The van der Waals surface area contributed by atoms with E-state index in [0.717, 1.165) is 18.4 Å². The molecule has 1 aliphatic heterocycles. The maximum absolute atomic E-state index is 13.9. The topological polar surface area (TPSA) is 115 Å². The number of aromatic nitrogens is 3. The number of rotatable bonds is 5. The van der Waals surface area contributed by atoms with E-state index in [9.17, 15) is 14.0 Å². The van der Waals surface area contributed by atoms with Crippen molar-refractivity contribution in [2.45, 2.75) is 45.1 Å². The van der Waals surface area contributed by atoms with Gasteiger partial charge in [0.15, 0.2) is 17.3 Å². The molecule has 0 spiro atoms. The first-order valence-electron chi connectivity index (χ1n) is 12.5. The summed E-state index contributed by atoms with van der Waals surface area (Å²) in [7, 11) is 0. The molecule has 2 aromatic heterocycles. The van der Waals surface area contributed by atoms with Gasteiger partial charge >= 0.3 is 6.09 Å². The molecule has 1 saturated heterocycles. The number of ether oxygens (including phenoxy) is 2. The van der Waals surface area contributed by atoms with Gasteiger partial charge in [0.2, 0.25) is 0 Å². The van der Waals surface area contributed by atoms with E-state index < -0.39 is 17.3 Å². The Morgan fingerprint density at radius 2 is 1.76 bits per heavy atom. The van der Waals surface area contributed by atoms with Crippen LogP contribution in [0.3, 0.4) is 0 Å². The molecule has 0 saturated carbocycles. The Labute approximate surface area is 219 Å². The monoisotopic (exact) mass is 519 g/mol. The smallest absolute Gasteiger partial charge is 0.410 e. The van der Waals surface area contributed by atoms with Crippen LogP contribution in [0.1, 0.15) is 55.6 Å². The number of aromatic amines is 1. The van der Waals surface area contributed by atoms with E-state index in [-0.39, 0.29) is 23.5 Å². The van der Waals surface area contributed by atoms with Crippen molar-refractivity contribution < 1.29 is 23.5 Å². The predicted octanol–water partition coefficient (Wildman–Crippen LogP) is 5.47. The van der Waals surface area contributed by atoms with Gasteiger partial charge in [-0.1, -0.05) is 12.1 Å². The van der Waals surface area contributed by atoms with E-state index >= 15 is 0 Å². The second-order valence-electron chi connectivity index (χ2n) is 10.4. The van der Waals surface area contributed by atoms with Crippen LogP contribution in [0.4, 0.5) is 9.18 Å². The zero-order valence-electron chi connectivity index (χ0n) is 21.5. The average Bonchev–Trinajstić information content (AvgIpc) is 3.44. The van der Waals surface area contributed by atoms with Crippen molar-refractivity contribution >= 4 is 17.6 Å². The summed E-state index contributed by atoms with van der Waals surface area (Å²) in [6, 6.07) is 13.1. The standard InChI is InChI=1S/C28H30FN5O4/c1-28(2,3)38-27(36)33-14-12-17(13-15-33)20-16-31-34-24(25(30)35)23(32-26(20)34)18-8-10-19(11-9-18)37-22-7-5-4-6-21(22)29/h4-11,16-17,32H,12-15H2,1-3H3,(H2,30,35). The van der Waals surface area contributed by atoms with Crippen molar-refractivity contribution in [3.63, 3.8) is 0 Å². The van der Waals surface area contributed by atoms with Gasteiger partial charge in [-0.2, -0.15) is 5.10 Å². The first kappa shape index (κ1) is 25.3. The molecule has 0 bridgehead atoms. The second-order valence-corrected chi connectivity index (χ2v) is 10.4. The first-order valence-corrected chi connectivity index (χ1v) is 12.5. The van der Waals surface area contributed by atoms with Crippen LogP contribution in [0.2, 0.25) is 0 Å². The zero-order valence-corrected chi connectivity index (χ0v) is 21.5. The Hall–Kier alpha value is -4.34. The Kier molecular flexibility index (Phi) is 6.56. The molecule has 3 N–H and O–H groups in total. The number of carbonyl (C=O) groups excluding carboxylic acids is 2. The fourth-order valence-corrected chi connectivity index (χ4v) is 4.72. The van der Waals surface area contributed by atoms with Crippen LogP contribution in [0, 0.1) is 5.82 Å². The fourth-order valence-electron chi connectivity index (χ4n) is 4.72. The number of imidazole rings is 1. The van der Waals surface area contributed by atoms with Gasteiger partial charge in [-0.3, -0.25) is 4.79 Å². The normalized spacial score (nSPS) is 14.6. The minimum Gasteiger partial charge on any atom is -0.454 e. The molecule has 2 amide bonds. The number of fused-ring (bicyclic) bond motifs is 1. The number of nitrogens with two attached hydrogens (primary N) is 1. The number of hydrogen-bond acceptors (Lipinski definition) is 5. The largest absolute Gasteiger partial charge is 0.454 e. The average molecular weight is 520 g/mol. The third-order valence-corrected chi connectivity index (χ3v) is 6.52. The van der Waals surface area contributed by atoms with Gasteiger partial charge in [-0.15, -0.1) is 0 Å². The number of nitrogens with one attached hydrogen (secondary N) is 1. The summed E-state index contributed by atoms with van der Waals surface area (Å²) in [6.07, 6.45) is 2.92. The van der Waals surface area contributed by atoms with Crippen molar-refractivity contribution in [3.05, 3.63) is 71.8 Å². The maximum Gasteiger partial charge on any atom is 0.410 e. The van der Waals surface area contributed by atoms with Crippen molar-refractivity contribution in [2.75, 3.05) is 13.1 Å². The van der Waals surface area contributed by atoms with Crippen molar-refractivity contribution in [3.8, 4) is 22.8 Å². The molecule has 9 nitrogen and oxygen atoms in total. The van der Waals surface area contributed by atoms with Crippen LogP contribution in [-0.2, 0) is 4.74 Å². The van der Waals surface area contributed by atoms with Crippen LogP contribution in [0.15, 0.2) is 54.7 Å². The zero-order chi connectivity index (χ0) is 27.0. The lowest BCUT2D eigenvalue weighted by molar-refractivity contribution is 0.0205. The molecule has 0 radical (unpaired) electrons. The third kappa shape index (κ3) is 5.06. The predicted molar refractivity (Wildman–Crippen MR) is 140 cm³/mol. The van der Waals surface area contributed by atoms with Gasteiger partial charge in [0.05, 0.1) is 11.9 Å². The summed E-state index contributed by atoms with van der Waals surface area (Å²) in [6.45, 7) is 6.69. The lowest BCUT2D eigenvalue weighted by atomic mass is 9.91. The number of piperidine rings is 1. The van der Waals surface area contributed by atoms with E-state index in [0.29, 0.717) is 35.7 Å². The highest BCUT2D eigenvalue weighted by molar-refractivity contribution is 5.98. The molecule has 198 valence electrons. The number of primary amides is 1. The number of halogens is 1. The summed E-state index contributed by atoms with van der Waals surface area (Å²) >= 11 is 0. The molecule has 2 aromatic carbocycles. The number of benzene rings is 2. The van der Waals surface area contributed by atoms with Gasteiger partial charge in [-0.05, 0) is 75.9 Å². The number of hydrogen-bond donors (Lipinski definition) is 2. The van der Waals surface area contributed by atoms with Gasteiger partial charge in [-0.25, -0.2) is 13.7 Å². The lowest BCUT2D eigenvalue weighted by Crippen LogP contribution is -2.41. The number of amides is 2. The maximum atomic E-state index is 13.9. The van der Waals surface area contributed by atoms with Gasteiger partial charge in [0.25, 0.3) is 5.91 Å². The highest BCUT2D eigenvalue weighted by Crippen LogP contribution is 2.34. The number of likely N-dealkylation sites (tertiary alicyclic amines) is 1. The Morgan fingerprint density at radius 3 is 2.39 bits per heavy atom. The molecule has 38 heavy (non-hydrogen) atoms. The van der Waals surface area contributed by atoms with E-state index in [1.165, 1.54) is 10.6 Å². The SMILES string of the molecule is CC(C)(C)OC(=O)N1CCC(c2cnn3c(C(N)=O)c(-c4ccc(Oc5ccccc5F)cc4)[nH]c23)CC1. The minimum atomic E-state index is -0.618. The number of carbonyl (C=O) groups is 2. The molecule has 0 unspecified atom stereocenters. The summed E-state index contributed by atoms with van der Waals surface area (Å²) in [5.41, 5.74) is 8.34. The number of H-pyrrole nitrogens is 1. The third-order valence-electron chi connectivity index (χ3n) is 6.52. The molecule has 1 aliphatic rings. The quantitative estimate of drug-likeness (QED) is 0.363. The van der Waals surface area contributed by atoms with Crippen LogP contribution in [0.25, 0.3) is 16.9 Å². The Morgan fingerprint density at radius 1 is 1.08 bits per heavy atom. The lowest BCUT2D eigenvalue weighted by Gasteiger charge is -2.33. The molecule has 5 rings (SSSR count). The molecular weight excluding hydrogens is 489 g/mol. The van der Waals surface area contributed by atoms with Crippen LogP contribution in [-0.4, -0.2) is 50.2 Å². The fraction of sp³-hybridized carbons (Fsp3) is 0.321. The Bertz CT molecular complexity index is 1480. The molecule has 3 heterocycles. The summed E-state index contributed by atoms with van der Waals surface area (Å²) in [5.74, 6) is -0.350. The van der Waals surface area contributed by atoms with E-state index in [2.05, 4.69) is 10.1 Å². The summed E-state index contributed by atoms with van der Waals surface area (Å²) < 4.78 is 26.6. The van der Waals surface area contributed by atoms with Crippen LogP contribution < -0.4 is 10.5 Å². The Balaban J connectivity index is 1.38. The summed E-state index contributed by atoms with van der Waals surface area (Å²) in [5, 5.41) is 4.46. The highest BCUT2D eigenvalue weighted by Gasteiger charge is 2.30. The minimum absolute atomic E-state index is 0.124. The van der Waals surface area contributed by atoms with Gasteiger partial charge in [0, 0.05) is 24.2 Å². The van der Waals surface area contributed by atoms with Gasteiger partial charge in [0.1, 0.15) is 17.0 Å². The number of nitrogens with zero attached hydrogens (tertiary/aromatic N) is 3. The van der Waals surface area contributed by atoms with Gasteiger partial charge < -0.3 is 25.1 Å². The molecule has 0 atom stereocenters. The molecule has 4 aromatic rings. The number of para-hydroxylation sites is 1. The van der Waals surface area contributed by atoms with Crippen molar-refractivity contribution in [1.29, 1.82) is 0 Å². The molecular formula is C28H30FN5O4. The molecule has 10 heteroatoms. The van der Waals surface area contributed by atoms with E-state index in [1.54, 1.807) is 53.6 Å². The van der Waals surface area contributed by atoms with Crippen molar-refractivity contribution in [1.82, 2.24) is 19.5 Å². The summed E-state index contributed by atoms with van der Waals surface area (Å²) in [4.78, 5) is 30.0. The van der Waals surface area contributed by atoms with E-state index in [1.807, 2.05) is 20.8 Å². The van der Waals surface area contributed by atoms with Crippen molar-refractivity contribution in [2.24, 2.45) is 5.73 Å². The molecule has 1 fully saturated rings.